The third-order valence-electron chi connectivity index (χ3n) is 6.07. The van der Waals surface area contributed by atoms with Crippen molar-refractivity contribution in [1.29, 1.82) is 0 Å². The third-order valence-corrected chi connectivity index (χ3v) is 7.94. The molecule has 0 aliphatic carbocycles. The summed E-state index contributed by atoms with van der Waals surface area (Å²) in [5.41, 5.74) is 1.02. The molecule has 3 aromatic rings. The molecule has 5 N–H and O–H groups in total. The summed E-state index contributed by atoms with van der Waals surface area (Å²) in [6.07, 6.45) is 0.386. The van der Waals surface area contributed by atoms with Crippen molar-refractivity contribution in [3.63, 3.8) is 0 Å². The molecule has 0 saturated carbocycles. The van der Waals surface area contributed by atoms with Crippen molar-refractivity contribution in [2.75, 3.05) is 32.6 Å². The number of aliphatic hydroxyl groups is 2. The molecule has 212 valence electrons. The Morgan fingerprint density at radius 1 is 1.10 bits per heavy atom. The Kier molecular flexibility index (Phi) is 9.74. The summed E-state index contributed by atoms with van der Waals surface area (Å²) in [5.74, 6) is -2.92. The number of piperidine rings is 1. The van der Waals surface area contributed by atoms with Crippen LogP contribution in [0.5, 0.6) is 5.75 Å². The van der Waals surface area contributed by atoms with Gasteiger partial charge in [0, 0.05) is 23.8 Å². The minimum atomic E-state index is -3.82. The van der Waals surface area contributed by atoms with Gasteiger partial charge in [-0.15, -0.1) is 0 Å². The molecule has 0 radical (unpaired) electrons. The molecule has 0 unspecified atom stereocenters. The fourth-order valence-electron chi connectivity index (χ4n) is 3.88. The van der Waals surface area contributed by atoms with Gasteiger partial charge in [-0.25, -0.2) is 27.0 Å². The smallest absolute Gasteiger partial charge is 0.335 e. The van der Waals surface area contributed by atoms with Crippen molar-refractivity contribution < 1.29 is 43.2 Å². The molecule has 2 aromatic heterocycles. The monoisotopic (exact) mass is 584 g/mol. The number of aromatic nitrogens is 2. The first kappa shape index (κ1) is 30.1. The van der Waals surface area contributed by atoms with Crippen molar-refractivity contribution in [3.8, 4) is 5.75 Å². The van der Waals surface area contributed by atoms with Crippen LogP contribution in [0.4, 0.5) is 5.69 Å². The van der Waals surface area contributed by atoms with Crippen LogP contribution in [-0.2, 0) is 19.6 Å². The van der Waals surface area contributed by atoms with Gasteiger partial charge in [-0.3, -0.25) is 0 Å². The Morgan fingerprint density at radius 2 is 1.72 bits per heavy atom. The number of halogens is 1. The summed E-state index contributed by atoms with van der Waals surface area (Å²) in [5, 5.41) is 37.1. The van der Waals surface area contributed by atoms with Gasteiger partial charge in [-0.2, -0.15) is 0 Å². The van der Waals surface area contributed by atoms with Crippen LogP contribution in [0.1, 0.15) is 12.8 Å². The number of aliphatic carboxylic acids is 2. The van der Waals surface area contributed by atoms with Gasteiger partial charge in [0.15, 0.2) is 17.9 Å². The number of benzene rings is 1. The van der Waals surface area contributed by atoms with Crippen molar-refractivity contribution in [2.24, 2.45) is 0 Å². The van der Waals surface area contributed by atoms with Crippen molar-refractivity contribution in [3.05, 3.63) is 47.7 Å². The molecule has 39 heavy (non-hydrogen) atoms. The number of carboxylic acids is 2. The molecule has 13 nitrogen and oxygen atoms in total. The maximum atomic E-state index is 13.3. The Hall–Kier alpha value is -3.43. The maximum absolute atomic E-state index is 13.3. The molecule has 15 heteroatoms. The topological polar surface area (TPSA) is 192 Å². The number of fused-ring (bicyclic) bond motifs is 1. The van der Waals surface area contributed by atoms with Gasteiger partial charge >= 0.3 is 11.9 Å². The molecule has 0 bridgehead atoms. The van der Waals surface area contributed by atoms with E-state index in [1.165, 1.54) is 16.4 Å². The highest BCUT2D eigenvalue weighted by Gasteiger charge is 2.29. The SMILES string of the molecule is COc1ccc(S(=O)(=O)n2ccc3cc(Cl)cnc32)cc1NC1CCN(C)CC1.O=C(O)[C@H](O)[C@@H](O)C(=O)O. The minimum absolute atomic E-state index is 0.169. The van der Waals surface area contributed by atoms with E-state index >= 15 is 0 Å². The summed E-state index contributed by atoms with van der Waals surface area (Å²) in [6, 6.07) is 8.52. The summed E-state index contributed by atoms with van der Waals surface area (Å²) >= 11 is 5.97. The Bertz CT molecular complexity index is 1420. The first-order valence-corrected chi connectivity index (χ1v) is 13.5. The number of likely N-dealkylation sites (tertiary alicyclic amines) is 1. The molecule has 3 heterocycles. The number of methoxy groups -OCH3 is 1. The first-order chi connectivity index (χ1) is 18.3. The van der Waals surface area contributed by atoms with Crippen LogP contribution in [0.2, 0.25) is 5.02 Å². The summed E-state index contributed by atoms with van der Waals surface area (Å²) < 4.78 is 33.2. The van der Waals surface area contributed by atoms with E-state index in [1.807, 2.05) is 0 Å². The molecule has 1 saturated heterocycles. The number of anilines is 1. The van der Waals surface area contributed by atoms with Crippen LogP contribution in [-0.4, -0.2) is 100 Å². The van der Waals surface area contributed by atoms with Gasteiger partial charge in [0.05, 0.1) is 22.7 Å². The van der Waals surface area contributed by atoms with Crippen molar-refractivity contribution in [1.82, 2.24) is 13.9 Å². The van der Waals surface area contributed by atoms with E-state index in [-0.39, 0.29) is 10.9 Å². The Morgan fingerprint density at radius 3 is 2.28 bits per heavy atom. The van der Waals surface area contributed by atoms with E-state index in [4.69, 9.17) is 36.8 Å². The molecule has 1 aliphatic heterocycles. The highest BCUT2D eigenvalue weighted by atomic mass is 35.5. The van der Waals surface area contributed by atoms with Gasteiger partial charge in [0.1, 0.15) is 5.75 Å². The molecule has 1 aromatic carbocycles. The highest BCUT2D eigenvalue weighted by molar-refractivity contribution is 7.90. The molecule has 0 amide bonds. The molecule has 4 rings (SSSR count). The second-order valence-corrected chi connectivity index (χ2v) is 11.1. The number of carboxylic acid groups (broad SMARTS) is 2. The lowest BCUT2D eigenvalue weighted by atomic mass is 10.1. The van der Waals surface area contributed by atoms with Crippen molar-refractivity contribution >= 4 is 50.3 Å². The van der Waals surface area contributed by atoms with Gasteiger partial charge in [-0.1, -0.05) is 11.6 Å². The molecule has 1 fully saturated rings. The van der Waals surface area contributed by atoms with E-state index < -0.39 is 34.2 Å². The van der Waals surface area contributed by atoms with Crippen molar-refractivity contribution in [2.45, 2.75) is 36.0 Å². The lowest BCUT2D eigenvalue weighted by Gasteiger charge is -2.30. The zero-order valence-corrected chi connectivity index (χ0v) is 22.6. The van der Waals surface area contributed by atoms with Crippen LogP contribution < -0.4 is 10.1 Å². The average molecular weight is 585 g/mol. The molecular weight excluding hydrogens is 556 g/mol. The van der Waals surface area contributed by atoms with Gasteiger partial charge in [0.25, 0.3) is 10.0 Å². The zero-order chi connectivity index (χ0) is 28.9. The normalized spacial score (nSPS) is 16.1. The molecule has 1 aliphatic rings. The summed E-state index contributed by atoms with van der Waals surface area (Å²) in [7, 11) is -0.141. The summed E-state index contributed by atoms with van der Waals surface area (Å²) in [6.45, 7) is 2.00. The van der Waals surface area contributed by atoms with Crippen LogP contribution in [0, 0.1) is 0 Å². The summed E-state index contributed by atoms with van der Waals surface area (Å²) in [4.78, 5) is 26.2. The average Bonchev–Trinajstić information content (AvgIpc) is 3.33. The lowest BCUT2D eigenvalue weighted by molar-refractivity contribution is -0.165. The van der Waals surface area contributed by atoms with Crippen LogP contribution in [0.15, 0.2) is 47.6 Å². The molecular formula is C24H29ClN4O9S. The van der Waals surface area contributed by atoms with Crippen LogP contribution in [0.3, 0.4) is 0 Å². The van der Waals surface area contributed by atoms with E-state index in [0.29, 0.717) is 27.5 Å². The van der Waals surface area contributed by atoms with Gasteiger partial charge in [-0.05, 0) is 63.3 Å². The van der Waals surface area contributed by atoms with E-state index in [9.17, 15) is 18.0 Å². The minimum Gasteiger partial charge on any atom is -0.495 e. The standard InChI is InChI=1S/C20H23ClN4O3S.C4H6O6/c1-24-8-6-16(7-9-24)23-18-12-17(3-4-19(18)28-2)29(26,27)25-10-5-14-11-15(21)13-22-20(14)25;5-1(3(7)8)2(6)4(9)10/h3-5,10-13,16,23H,6-9H2,1-2H3;1-2,5-6H,(H,7,8)(H,9,10)/t;1-,2-/m.1/s1. The molecule has 2 atom stereocenters. The van der Waals surface area contributed by atoms with E-state index in [1.54, 1.807) is 37.4 Å². The van der Waals surface area contributed by atoms with Gasteiger partial charge < -0.3 is 35.4 Å². The highest BCUT2D eigenvalue weighted by Crippen LogP contribution is 2.31. The molecule has 0 spiro atoms. The fourth-order valence-corrected chi connectivity index (χ4v) is 5.39. The number of nitrogens with one attached hydrogen (secondary N) is 1. The van der Waals surface area contributed by atoms with Gasteiger partial charge in [0.2, 0.25) is 0 Å². The second kappa shape index (κ2) is 12.6. The lowest BCUT2D eigenvalue weighted by Crippen LogP contribution is -2.39. The quantitative estimate of drug-likeness (QED) is 0.255. The Balaban J connectivity index is 0.000000360. The predicted molar refractivity (Wildman–Crippen MR) is 142 cm³/mol. The number of hydrogen-bond acceptors (Lipinski definition) is 10. The maximum Gasteiger partial charge on any atom is 0.335 e. The number of pyridine rings is 1. The predicted octanol–water partition coefficient (Wildman–Crippen LogP) is 1.32. The first-order valence-electron chi connectivity index (χ1n) is 11.7. The number of aliphatic hydroxyl groups excluding tert-OH is 2. The number of hydrogen-bond donors (Lipinski definition) is 5. The number of rotatable bonds is 8. The van der Waals surface area contributed by atoms with Crippen LogP contribution >= 0.6 is 11.6 Å². The van der Waals surface area contributed by atoms with E-state index in [2.05, 4.69) is 22.2 Å². The second-order valence-electron chi connectivity index (χ2n) is 8.83. The van der Waals surface area contributed by atoms with Crippen LogP contribution in [0.25, 0.3) is 11.0 Å². The number of nitrogens with zero attached hydrogens (tertiary/aromatic N) is 3. The number of carbonyl (C=O) groups is 2. The zero-order valence-electron chi connectivity index (χ0n) is 21.1. The fraction of sp³-hybridized carbons (Fsp3) is 0.375. The third kappa shape index (κ3) is 7.16. The van der Waals surface area contributed by atoms with E-state index in [0.717, 1.165) is 25.9 Å². The largest absolute Gasteiger partial charge is 0.495 e. The Labute approximate surface area is 229 Å². The number of ether oxygens (including phenoxy) is 1.